The molecule has 2 aliphatic rings. The lowest BCUT2D eigenvalue weighted by Crippen LogP contribution is -2.41. The number of anilines is 3. The Bertz CT molecular complexity index is 1030. The maximum absolute atomic E-state index is 13.0. The van der Waals surface area contributed by atoms with Gasteiger partial charge >= 0.3 is 0 Å². The number of benzene rings is 1. The molecule has 0 aliphatic carbocycles. The molecule has 0 bridgehead atoms. The highest BCUT2D eigenvalue weighted by Crippen LogP contribution is 2.25. The van der Waals surface area contributed by atoms with Gasteiger partial charge in [0.05, 0.1) is 19.1 Å². The average molecular weight is 434 g/mol. The Morgan fingerprint density at radius 3 is 2.62 bits per heavy atom. The molecule has 1 N–H and O–H groups in total. The molecule has 1 amide bonds. The highest BCUT2D eigenvalue weighted by molar-refractivity contribution is 5.93. The number of ether oxygens (including phenoxy) is 1. The molecule has 2 fully saturated rings. The molecule has 32 heavy (non-hydrogen) atoms. The fourth-order valence-corrected chi connectivity index (χ4v) is 4.26. The van der Waals surface area contributed by atoms with Gasteiger partial charge in [-0.15, -0.1) is 0 Å². The Morgan fingerprint density at radius 1 is 1.03 bits per heavy atom. The minimum absolute atomic E-state index is 0.0511. The van der Waals surface area contributed by atoms with Crippen molar-refractivity contribution in [2.24, 2.45) is 5.92 Å². The van der Waals surface area contributed by atoms with Gasteiger partial charge in [0.25, 0.3) is 0 Å². The number of hydrogen-bond acceptors (Lipinski definition) is 7. The Balaban J connectivity index is 1.22. The lowest BCUT2D eigenvalue weighted by atomic mass is 9.97. The summed E-state index contributed by atoms with van der Waals surface area (Å²) in [5.41, 5.74) is 1.99. The molecule has 2 saturated heterocycles. The second-order valence-corrected chi connectivity index (χ2v) is 8.11. The normalized spacial score (nSPS) is 19.1. The molecular formula is C23H27N7O2. The van der Waals surface area contributed by atoms with Crippen LogP contribution in [0.1, 0.15) is 12.8 Å². The molecule has 1 atom stereocenters. The first-order chi connectivity index (χ1) is 15.8. The topological polar surface area (TPSA) is 88.4 Å². The summed E-state index contributed by atoms with van der Waals surface area (Å²) in [6, 6.07) is 11.8. The van der Waals surface area contributed by atoms with E-state index in [9.17, 15) is 4.79 Å². The van der Waals surface area contributed by atoms with Crippen molar-refractivity contribution in [1.82, 2.24) is 19.7 Å². The standard InChI is InChI=1S/C23H27N7O2/c31-23(27-19-4-6-20(7-5-19)28-11-13-32-14-12-28)18-3-1-9-29(16-18)21-15-22(25-17-24-21)30-10-2-8-26-30/h2,4-8,10,15,17-18H,1,3,9,11-14,16H2,(H,27,31). The zero-order chi connectivity index (χ0) is 21.8. The summed E-state index contributed by atoms with van der Waals surface area (Å²) < 4.78 is 7.12. The van der Waals surface area contributed by atoms with E-state index in [-0.39, 0.29) is 11.8 Å². The number of hydrogen-bond donors (Lipinski definition) is 1. The Kier molecular flexibility index (Phi) is 5.98. The zero-order valence-electron chi connectivity index (χ0n) is 17.9. The Hall–Kier alpha value is -3.46. The number of nitrogens with zero attached hydrogens (tertiary/aromatic N) is 6. The molecule has 0 saturated carbocycles. The van der Waals surface area contributed by atoms with E-state index in [1.165, 1.54) is 0 Å². The predicted molar refractivity (Wildman–Crippen MR) is 122 cm³/mol. The van der Waals surface area contributed by atoms with Gasteiger partial charge in [-0.25, -0.2) is 14.6 Å². The maximum atomic E-state index is 13.0. The number of amides is 1. The number of carbonyl (C=O) groups excluding carboxylic acids is 1. The van der Waals surface area contributed by atoms with E-state index in [0.29, 0.717) is 12.4 Å². The summed E-state index contributed by atoms with van der Waals surface area (Å²) >= 11 is 0. The van der Waals surface area contributed by atoms with Gasteiger partial charge in [0.15, 0.2) is 5.82 Å². The van der Waals surface area contributed by atoms with Gasteiger partial charge in [-0.05, 0) is 43.2 Å². The summed E-state index contributed by atoms with van der Waals surface area (Å²) in [4.78, 5) is 26.2. The third-order valence-electron chi connectivity index (χ3n) is 6.00. The average Bonchev–Trinajstić information content (AvgIpc) is 3.40. The van der Waals surface area contributed by atoms with Gasteiger partial charge in [0, 0.05) is 56.0 Å². The van der Waals surface area contributed by atoms with Crippen LogP contribution in [0.4, 0.5) is 17.2 Å². The fraction of sp³-hybridized carbons (Fsp3) is 0.391. The smallest absolute Gasteiger partial charge is 0.229 e. The Morgan fingerprint density at radius 2 is 1.84 bits per heavy atom. The van der Waals surface area contributed by atoms with Crippen molar-refractivity contribution >= 4 is 23.1 Å². The first kappa shape index (κ1) is 20.4. The highest BCUT2D eigenvalue weighted by Gasteiger charge is 2.27. The van der Waals surface area contributed by atoms with Crippen LogP contribution in [0, 0.1) is 5.92 Å². The van der Waals surface area contributed by atoms with Crippen LogP contribution in [0.25, 0.3) is 5.82 Å². The predicted octanol–water partition coefficient (Wildman–Crippen LogP) is 2.35. The van der Waals surface area contributed by atoms with Crippen molar-refractivity contribution in [1.29, 1.82) is 0 Å². The van der Waals surface area contributed by atoms with E-state index >= 15 is 0 Å². The van der Waals surface area contributed by atoms with Crippen molar-refractivity contribution < 1.29 is 9.53 Å². The second kappa shape index (κ2) is 9.35. The molecule has 0 radical (unpaired) electrons. The van der Waals surface area contributed by atoms with Crippen molar-refractivity contribution in [3.05, 3.63) is 55.1 Å². The number of carbonyl (C=O) groups is 1. The van der Waals surface area contributed by atoms with Crippen molar-refractivity contribution in [3.8, 4) is 5.82 Å². The molecule has 3 aromatic rings. The van der Waals surface area contributed by atoms with Crippen LogP contribution in [0.3, 0.4) is 0 Å². The number of aromatic nitrogens is 4. The van der Waals surface area contributed by atoms with Gasteiger partial charge in [-0.1, -0.05) is 0 Å². The number of piperidine rings is 1. The molecule has 2 aliphatic heterocycles. The van der Waals surface area contributed by atoms with Crippen molar-refractivity contribution in [3.63, 3.8) is 0 Å². The molecule has 0 spiro atoms. The van der Waals surface area contributed by atoms with E-state index in [2.05, 4.69) is 42.3 Å². The van der Waals surface area contributed by atoms with E-state index in [1.807, 2.05) is 30.5 Å². The van der Waals surface area contributed by atoms with Crippen LogP contribution >= 0.6 is 0 Å². The SMILES string of the molecule is O=C(Nc1ccc(N2CCOCC2)cc1)C1CCCN(c2cc(-n3cccn3)ncn2)C1. The lowest BCUT2D eigenvalue weighted by Gasteiger charge is -2.33. The van der Waals surface area contributed by atoms with Crippen molar-refractivity contribution in [2.75, 3.05) is 54.5 Å². The van der Waals surface area contributed by atoms with Crippen LogP contribution in [-0.2, 0) is 9.53 Å². The first-order valence-corrected chi connectivity index (χ1v) is 11.1. The monoisotopic (exact) mass is 433 g/mol. The van der Waals surface area contributed by atoms with E-state index in [4.69, 9.17) is 4.74 Å². The molecule has 5 rings (SSSR count). The summed E-state index contributed by atoms with van der Waals surface area (Å²) in [7, 11) is 0. The van der Waals surface area contributed by atoms with Crippen LogP contribution in [-0.4, -0.2) is 65.0 Å². The number of rotatable bonds is 5. The van der Waals surface area contributed by atoms with E-state index in [1.54, 1.807) is 17.2 Å². The molecule has 9 heteroatoms. The van der Waals surface area contributed by atoms with Gasteiger partial charge < -0.3 is 19.9 Å². The number of nitrogens with one attached hydrogen (secondary N) is 1. The summed E-state index contributed by atoms with van der Waals surface area (Å²) in [5.74, 6) is 1.49. The van der Waals surface area contributed by atoms with Crippen molar-refractivity contribution in [2.45, 2.75) is 12.8 Å². The van der Waals surface area contributed by atoms with Crippen LogP contribution < -0.4 is 15.1 Å². The summed E-state index contributed by atoms with van der Waals surface area (Å²) in [6.07, 6.45) is 6.92. The fourth-order valence-electron chi connectivity index (χ4n) is 4.26. The number of morpholine rings is 1. The quantitative estimate of drug-likeness (QED) is 0.661. The van der Waals surface area contributed by atoms with E-state index < -0.39 is 0 Å². The van der Waals surface area contributed by atoms with Gasteiger partial charge in [0.1, 0.15) is 12.1 Å². The largest absolute Gasteiger partial charge is 0.378 e. The van der Waals surface area contributed by atoms with Crippen LogP contribution in [0.15, 0.2) is 55.1 Å². The van der Waals surface area contributed by atoms with Gasteiger partial charge in [-0.2, -0.15) is 5.10 Å². The third kappa shape index (κ3) is 4.57. The minimum atomic E-state index is -0.0919. The van der Waals surface area contributed by atoms with Gasteiger partial charge in [-0.3, -0.25) is 4.79 Å². The van der Waals surface area contributed by atoms with E-state index in [0.717, 1.165) is 62.9 Å². The Labute approximate surface area is 187 Å². The second-order valence-electron chi connectivity index (χ2n) is 8.11. The molecule has 9 nitrogen and oxygen atoms in total. The molecule has 4 heterocycles. The molecule has 1 unspecified atom stereocenters. The highest BCUT2D eigenvalue weighted by atomic mass is 16.5. The lowest BCUT2D eigenvalue weighted by molar-refractivity contribution is -0.120. The molecule has 2 aromatic heterocycles. The summed E-state index contributed by atoms with van der Waals surface area (Å²) in [6.45, 7) is 4.81. The molecular weight excluding hydrogens is 406 g/mol. The zero-order valence-corrected chi connectivity index (χ0v) is 17.9. The minimum Gasteiger partial charge on any atom is -0.378 e. The first-order valence-electron chi connectivity index (χ1n) is 11.1. The maximum Gasteiger partial charge on any atom is 0.229 e. The molecule has 1 aromatic carbocycles. The van der Waals surface area contributed by atoms with Crippen LogP contribution in [0.2, 0.25) is 0 Å². The third-order valence-corrected chi connectivity index (χ3v) is 6.00. The van der Waals surface area contributed by atoms with Gasteiger partial charge in [0.2, 0.25) is 5.91 Å². The van der Waals surface area contributed by atoms with Crippen LogP contribution in [0.5, 0.6) is 0 Å². The summed E-state index contributed by atoms with van der Waals surface area (Å²) in [5, 5.41) is 7.33. The molecule has 166 valence electrons.